The van der Waals surface area contributed by atoms with Gasteiger partial charge >= 0.3 is 5.97 Å². The first-order chi connectivity index (χ1) is 15.5. The SMILES string of the molecule is C[C@H](CCC(=O)NCC(=O)O)[C@@H]1CC[C@@H]2[C@H]3[C@H](O)C[C@@H]4C[C@H](O)CC[C@@]4(C)[C@H]3C[C@H](O)[C@@]21C. The van der Waals surface area contributed by atoms with Crippen LogP contribution in [0.2, 0.25) is 0 Å². The average molecular weight is 466 g/mol. The van der Waals surface area contributed by atoms with Gasteiger partial charge in [0.25, 0.3) is 0 Å². The number of fused-ring (bicyclic) bond motifs is 5. The number of nitrogens with one attached hydrogen (secondary N) is 1. The van der Waals surface area contributed by atoms with Gasteiger partial charge in [0.1, 0.15) is 6.54 Å². The Kier molecular flexibility index (Phi) is 6.89. The van der Waals surface area contributed by atoms with E-state index < -0.39 is 12.1 Å². The van der Waals surface area contributed by atoms with Crippen LogP contribution in [0.5, 0.6) is 0 Å². The van der Waals surface area contributed by atoms with Gasteiger partial charge in [-0.05, 0) is 97.7 Å². The Bertz CT molecular complexity index is 759. The number of carbonyl (C=O) groups excluding carboxylic acids is 1. The molecule has 1 amide bonds. The second-order valence-corrected chi connectivity index (χ2v) is 12.2. The predicted octanol–water partition coefficient (Wildman–Crippen LogP) is 2.56. The summed E-state index contributed by atoms with van der Waals surface area (Å²) in [5.74, 6) is 0.265. The minimum atomic E-state index is -1.04. The molecule has 0 aromatic heterocycles. The van der Waals surface area contributed by atoms with Crippen molar-refractivity contribution < 1.29 is 30.0 Å². The third kappa shape index (κ3) is 4.23. The highest BCUT2D eigenvalue weighted by atomic mass is 16.4. The molecular formula is C26H43NO6. The van der Waals surface area contributed by atoms with Crippen LogP contribution in [-0.2, 0) is 9.59 Å². The van der Waals surface area contributed by atoms with Gasteiger partial charge in [-0.15, -0.1) is 0 Å². The van der Waals surface area contributed by atoms with E-state index in [2.05, 4.69) is 26.1 Å². The molecule has 11 atom stereocenters. The van der Waals surface area contributed by atoms with Crippen LogP contribution in [0.25, 0.3) is 0 Å². The van der Waals surface area contributed by atoms with Crippen molar-refractivity contribution in [2.75, 3.05) is 6.54 Å². The molecule has 0 unspecified atom stereocenters. The summed E-state index contributed by atoms with van der Waals surface area (Å²) < 4.78 is 0. The zero-order chi connectivity index (χ0) is 24.1. The topological polar surface area (TPSA) is 127 Å². The molecule has 0 aliphatic heterocycles. The van der Waals surface area contributed by atoms with E-state index in [-0.39, 0.29) is 65.1 Å². The number of hydrogen-bond donors (Lipinski definition) is 5. The fourth-order valence-corrected chi connectivity index (χ4v) is 8.95. The highest BCUT2D eigenvalue weighted by Gasteiger charge is 2.65. The van der Waals surface area contributed by atoms with Crippen molar-refractivity contribution in [3.05, 3.63) is 0 Å². The molecule has 33 heavy (non-hydrogen) atoms. The molecule has 5 N–H and O–H groups in total. The van der Waals surface area contributed by atoms with E-state index in [1.54, 1.807) is 0 Å². The highest BCUT2D eigenvalue weighted by molar-refractivity contribution is 5.81. The summed E-state index contributed by atoms with van der Waals surface area (Å²) in [6.07, 6.45) is 5.86. The Morgan fingerprint density at radius 2 is 1.76 bits per heavy atom. The molecule has 7 nitrogen and oxygen atoms in total. The monoisotopic (exact) mass is 465 g/mol. The van der Waals surface area contributed by atoms with Gasteiger partial charge in [-0.2, -0.15) is 0 Å². The molecule has 0 aromatic rings. The molecule has 4 aliphatic rings. The smallest absolute Gasteiger partial charge is 0.322 e. The van der Waals surface area contributed by atoms with Gasteiger partial charge in [-0.25, -0.2) is 0 Å². The Balaban J connectivity index is 1.49. The van der Waals surface area contributed by atoms with Gasteiger partial charge in [-0.3, -0.25) is 9.59 Å². The molecule has 0 aromatic carbocycles. The number of carboxylic acid groups (broad SMARTS) is 1. The Labute approximate surface area is 197 Å². The second kappa shape index (κ2) is 9.12. The Morgan fingerprint density at radius 1 is 1.03 bits per heavy atom. The van der Waals surface area contributed by atoms with Crippen molar-refractivity contribution in [1.82, 2.24) is 5.32 Å². The Hall–Kier alpha value is -1.18. The van der Waals surface area contributed by atoms with Crippen LogP contribution < -0.4 is 5.32 Å². The number of aliphatic hydroxyl groups excluding tert-OH is 3. The van der Waals surface area contributed by atoms with E-state index in [1.165, 1.54) is 0 Å². The highest BCUT2D eigenvalue weighted by Crippen LogP contribution is 2.68. The minimum Gasteiger partial charge on any atom is -0.480 e. The molecule has 0 bridgehead atoms. The molecular weight excluding hydrogens is 422 g/mol. The van der Waals surface area contributed by atoms with Crippen LogP contribution in [0.15, 0.2) is 0 Å². The number of carbonyl (C=O) groups is 2. The van der Waals surface area contributed by atoms with Crippen LogP contribution in [0.1, 0.15) is 78.6 Å². The lowest BCUT2D eigenvalue weighted by atomic mass is 9.43. The van der Waals surface area contributed by atoms with Gasteiger partial charge < -0.3 is 25.7 Å². The fourth-order valence-electron chi connectivity index (χ4n) is 8.95. The van der Waals surface area contributed by atoms with Crippen molar-refractivity contribution in [3.8, 4) is 0 Å². The lowest BCUT2D eigenvalue weighted by Gasteiger charge is -2.63. The average Bonchev–Trinajstić information content (AvgIpc) is 3.11. The summed E-state index contributed by atoms with van der Waals surface area (Å²) in [7, 11) is 0. The van der Waals surface area contributed by atoms with Gasteiger partial charge in [0.05, 0.1) is 18.3 Å². The third-order valence-electron chi connectivity index (χ3n) is 10.8. The molecule has 4 aliphatic carbocycles. The first-order valence-corrected chi connectivity index (χ1v) is 13.0. The molecule has 0 spiro atoms. The van der Waals surface area contributed by atoms with Crippen LogP contribution in [0.4, 0.5) is 0 Å². The molecule has 4 rings (SSSR count). The molecule has 0 heterocycles. The first kappa shape index (κ1) is 24.9. The summed E-state index contributed by atoms with van der Waals surface area (Å²) in [4.78, 5) is 22.7. The summed E-state index contributed by atoms with van der Waals surface area (Å²) >= 11 is 0. The first-order valence-electron chi connectivity index (χ1n) is 13.0. The molecule has 0 radical (unpaired) electrons. The fraction of sp³-hybridized carbons (Fsp3) is 0.923. The van der Waals surface area contributed by atoms with Crippen molar-refractivity contribution in [2.45, 2.75) is 96.9 Å². The summed E-state index contributed by atoms with van der Waals surface area (Å²) in [6, 6.07) is 0. The quantitative estimate of drug-likeness (QED) is 0.410. The number of aliphatic carboxylic acids is 1. The molecule has 4 fully saturated rings. The standard InChI is InChI=1S/C26H43NO6/c1-14(4-7-22(31)27-13-23(32)33)17-5-6-18-24-19(12-21(30)26(17,18)3)25(2)9-8-16(28)10-15(25)11-20(24)29/h14-21,24,28-30H,4-13H2,1-3H3,(H,27,31)(H,32,33)/t14-,15+,16-,17+,18-,19+,20-,21+,24-,25-,26-/m1/s1. The molecule has 7 heteroatoms. The van der Waals surface area contributed by atoms with Crippen LogP contribution in [0.3, 0.4) is 0 Å². The van der Waals surface area contributed by atoms with Crippen LogP contribution >= 0.6 is 0 Å². The number of rotatable bonds is 6. The number of aliphatic hydroxyl groups is 3. The van der Waals surface area contributed by atoms with Gasteiger partial charge in [-0.1, -0.05) is 20.8 Å². The van der Waals surface area contributed by atoms with E-state index >= 15 is 0 Å². The van der Waals surface area contributed by atoms with E-state index in [1.807, 2.05) is 0 Å². The molecule has 188 valence electrons. The molecule has 0 saturated heterocycles. The summed E-state index contributed by atoms with van der Waals surface area (Å²) in [5.41, 5.74) is -0.214. The normalized spacial score (nSPS) is 47.7. The van der Waals surface area contributed by atoms with Gasteiger partial charge in [0.2, 0.25) is 5.91 Å². The van der Waals surface area contributed by atoms with E-state index in [4.69, 9.17) is 5.11 Å². The maximum atomic E-state index is 12.0. The van der Waals surface area contributed by atoms with E-state index in [9.17, 15) is 24.9 Å². The number of amides is 1. The lowest BCUT2D eigenvalue weighted by Crippen LogP contribution is -2.62. The van der Waals surface area contributed by atoms with Gasteiger partial charge in [0.15, 0.2) is 0 Å². The zero-order valence-electron chi connectivity index (χ0n) is 20.4. The van der Waals surface area contributed by atoms with E-state index in [0.717, 1.165) is 38.5 Å². The van der Waals surface area contributed by atoms with E-state index in [0.29, 0.717) is 25.2 Å². The van der Waals surface area contributed by atoms with Crippen LogP contribution in [-0.4, -0.2) is 57.2 Å². The third-order valence-corrected chi connectivity index (χ3v) is 10.8. The lowest BCUT2D eigenvalue weighted by molar-refractivity contribution is -0.207. The maximum absolute atomic E-state index is 12.0. The maximum Gasteiger partial charge on any atom is 0.322 e. The van der Waals surface area contributed by atoms with Crippen molar-refractivity contribution in [1.29, 1.82) is 0 Å². The summed E-state index contributed by atoms with van der Waals surface area (Å²) in [5, 5.41) is 44.4. The number of hydrogen-bond acceptors (Lipinski definition) is 5. The minimum absolute atomic E-state index is 0.0668. The Morgan fingerprint density at radius 3 is 2.45 bits per heavy atom. The van der Waals surface area contributed by atoms with Crippen molar-refractivity contribution in [2.24, 2.45) is 46.3 Å². The second-order valence-electron chi connectivity index (χ2n) is 12.2. The van der Waals surface area contributed by atoms with Crippen molar-refractivity contribution in [3.63, 3.8) is 0 Å². The number of carboxylic acids is 1. The van der Waals surface area contributed by atoms with Gasteiger partial charge in [0, 0.05) is 6.42 Å². The zero-order valence-corrected chi connectivity index (χ0v) is 20.4. The largest absolute Gasteiger partial charge is 0.480 e. The summed E-state index contributed by atoms with van der Waals surface area (Å²) in [6.45, 7) is 6.35. The predicted molar refractivity (Wildman–Crippen MR) is 123 cm³/mol. The van der Waals surface area contributed by atoms with Crippen LogP contribution in [0, 0.1) is 46.3 Å². The molecule has 4 saturated carbocycles. The van der Waals surface area contributed by atoms with Crippen molar-refractivity contribution >= 4 is 11.9 Å².